The third kappa shape index (κ3) is 4.71. The van der Waals surface area contributed by atoms with E-state index < -0.39 is 10.0 Å². The summed E-state index contributed by atoms with van der Waals surface area (Å²) in [4.78, 5) is 12.8. The van der Waals surface area contributed by atoms with E-state index in [1.165, 1.54) is 19.2 Å². The summed E-state index contributed by atoms with van der Waals surface area (Å²) in [6.45, 7) is 0.445. The molecule has 0 unspecified atom stereocenters. The summed E-state index contributed by atoms with van der Waals surface area (Å²) < 4.78 is 44.4. The van der Waals surface area contributed by atoms with Gasteiger partial charge in [-0.05, 0) is 49.2 Å². The Morgan fingerprint density at radius 3 is 2.42 bits per heavy atom. The number of hydrogen-bond donors (Lipinski definition) is 1. The third-order valence-electron chi connectivity index (χ3n) is 5.47. The Labute approximate surface area is 182 Å². The van der Waals surface area contributed by atoms with Gasteiger partial charge in [0.2, 0.25) is 5.91 Å². The van der Waals surface area contributed by atoms with E-state index in [2.05, 4.69) is 5.32 Å². The molecule has 31 heavy (non-hydrogen) atoms. The van der Waals surface area contributed by atoms with E-state index in [0.717, 1.165) is 30.0 Å². The Balaban J connectivity index is 1.65. The van der Waals surface area contributed by atoms with E-state index in [1.807, 2.05) is 0 Å². The van der Waals surface area contributed by atoms with Crippen molar-refractivity contribution in [3.63, 3.8) is 0 Å². The number of benzene rings is 2. The number of rotatable bonds is 7. The summed E-state index contributed by atoms with van der Waals surface area (Å²) in [6, 6.07) is 11.2. The van der Waals surface area contributed by atoms with Gasteiger partial charge in [-0.2, -0.15) is 0 Å². The number of methoxy groups -OCH3 is 1. The number of fused-ring (bicyclic) bond motifs is 1. The standard InChI is InChI=1S/C22H26N2O6S/c1-28-18-8-6-17(7-9-18)24(15-22(25)23-16-4-2-3-5-16)31(26,27)19-10-11-20-21(14-19)30-13-12-29-20/h6-11,14,16H,2-5,12-13,15H2,1H3,(H,23,25). The number of hydrogen-bond acceptors (Lipinski definition) is 6. The molecular formula is C22H26N2O6S. The van der Waals surface area contributed by atoms with E-state index in [4.69, 9.17) is 14.2 Å². The highest BCUT2D eigenvalue weighted by molar-refractivity contribution is 7.92. The lowest BCUT2D eigenvalue weighted by molar-refractivity contribution is -0.120. The van der Waals surface area contributed by atoms with Crippen molar-refractivity contribution in [2.75, 3.05) is 31.2 Å². The smallest absolute Gasteiger partial charge is 0.264 e. The molecule has 9 heteroatoms. The quantitative estimate of drug-likeness (QED) is 0.703. The number of sulfonamides is 1. The summed E-state index contributed by atoms with van der Waals surface area (Å²) >= 11 is 0. The van der Waals surface area contributed by atoms with Crippen LogP contribution in [0.25, 0.3) is 0 Å². The molecule has 2 aliphatic rings. The Morgan fingerprint density at radius 1 is 1.06 bits per heavy atom. The molecule has 1 aliphatic carbocycles. The molecule has 0 bridgehead atoms. The SMILES string of the molecule is COc1ccc(N(CC(=O)NC2CCCC2)S(=O)(=O)c2ccc3c(c2)OCCO3)cc1. The van der Waals surface area contributed by atoms with Gasteiger partial charge in [0.25, 0.3) is 10.0 Å². The monoisotopic (exact) mass is 446 g/mol. The van der Waals surface area contributed by atoms with Gasteiger partial charge in [-0.3, -0.25) is 9.10 Å². The minimum Gasteiger partial charge on any atom is -0.497 e. The second kappa shape index (κ2) is 9.05. The molecule has 0 radical (unpaired) electrons. The van der Waals surface area contributed by atoms with Crippen molar-refractivity contribution in [2.45, 2.75) is 36.6 Å². The molecule has 1 heterocycles. The molecule has 1 amide bonds. The van der Waals surface area contributed by atoms with Gasteiger partial charge in [0.1, 0.15) is 25.5 Å². The Bertz CT molecular complexity index is 1030. The van der Waals surface area contributed by atoms with Crippen LogP contribution in [0.4, 0.5) is 5.69 Å². The fourth-order valence-corrected chi connectivity index (χ4v) is 5.29. The van der Waals surface area contributed by atoms with E-state index >= 15 is 0 Å². The molecule has 1 N–H and O–H groups in total. The Morgan fingerprint density at radius 2 is 1.74 bits per heavy atom. The van der Waals surface area contributed by atoms with Gasteiger partial charge in [-0.1, -0.05) is 12.8 Å². The first kappa shape index (κ1) is 21.3. The van der Waals surface area contributed by atoms with Crippen LogP contribution in [-0.4, -0.2) is 47.2 Å². The molecule has 0 aromatic heterocycles. The average molecular weight is 447 g/mol. The number of nitrogens with one attached hydrogen (secondary N) is 1. The molecular weight excluding hydrogens is 420 g/mol. The zero-order valence-corrected chi connectivity index (χ0v) is 18.2. The van der Waals surface area contributed by atoms with Crippen LogP contribution in [0.1, 0.15) is 25.7 Å². The van der Waals surface area contributed by atoms with Gasteiger partial charge in [0, 0.05) is 12.1 Å². The second-order valence-corrected chi connectivity index (χ2v) is 9.43. The lowest BCUT2D eigenvalue weighted by Crippen LogP contribution is -2.43. The molecule has 4 rings (SSSR count). The summed E-state index contributed by atoms with van der Waals surface area (Å²) in [6.07, 6.45) is 3.98. The number of carbonyl (C=O) groups is 1. The lowest BCUT2D eigenvalue weighted by Gasteiger charge is -2.26. The van der Waals surface area contributed by atoms with Crippen LogP contribution in [0.2, 0.25) is 0 Å². The molecule has 2 aromatic carbocycles. The normalized spacial score (nSPS) is 16.0. The van der Waals surface area contributed by atoms with Crippen molar-refractivity contribution >= 4 is 21.6 Å². The van der Waals surface area contributed by atoms with Crippen LogP contribution in [-0.2, 0) is 14.8 Å². The van der Waals surface area contributed by atoms with Crippen LogP contribution in [0.3, 0.4) is 0 Å². The summed E-state index contributed by atoms with van der Waals surface area (Å²) in [5.41, 5.74) is 0.372. The summed E-state index contributed by atoms with van der Waals surface area (Å²) in [7, 11) is -2.50. The zero-order chi connectivity index (χ0) is 21.8. The fourth-order valence-electron chi connectivity index (χ4n) is 3.85. The summed E-state index contributed by atoms with van der Waals surface area (Å²) in [5.74, 6) is 1.14. The minimum absolute atomic E-state index is 0.0289. The molecule has 166 valence electrons. The van der Waals surface area contributed by atoms with Crippen molar-refractivity contribution in [2.24, 2.45) is 0 Å². The number of carbonyl (C=O) groups excluding carboxylic acids is 1. The van der Waals surface area contributed by atoms with Gasteiger partial charge in [-0.25, -0.2) is 8.42 Å². The zero-order valence-electron chi connectivity index (χ0n) is 17.4. The molecule has 2 aromatic rings. The molecule has 0 atom stereocenters. The highest BCUT2D eigenvalue weighted by atomic mass is 32.2. The topological polar surface area (TPSA) is 94.2 Å². The van der Waals surface area contributed by atoms with Crippen LogP contribution in [0.5, 0.6) is 17.2 Å². The predicted molar refractivity (Wildman–Crippen MR) is 115 cm³/mol. The van der Waals surface area contributed by atoms with Crippen molar-refractivity contribution in [3.05, 3.63) is 42.5 Å². The van der Waals surface area contributed by atoms with E-state index in [9.17, 15) is 13.2 Å². The van der Waals surface area contributed by atoms with Crippen LogP contribution >= 0.6 is 0 Å². The number of ether oxygens (including phenoxy) is 3. The predicted octanol–water partition coefficient (Wildman–Crippen LogP) is 2.72. The van der Waals surface area contributed by atoms with Crippen molar-refractivity contribution in [3.8, 4) is 17.2 Å². The van der Waals surface area contributed by atoms with E-state index in [1.54, 1.807) is 30.3 Å². The number of anilines is 1. The first-order chi connectivity index (χ1) is 15.0. The van der Waals surface area contributed by atoms with Crippen molar-refractivity contribution in [1.82, 2.24) is 5.32 Å². The van der Waals surface area contributed by atoms with Gasteiger partial charge in [0.05, 0.1) is 17.7 Å². The minimum atomic E-state index is -4.04. The molecule has 0 saturated heterocycles. The second-order valence-electron chi connectivity index (χ2n) is 7.56. The molecule has 0 spiro atoms. The van der Waals surface area contributed by atoms with Gasteiger partial charge < -0.3 is 19.5 Å². The average Bonchev–Trinajstić information content (AvgIpc) is 3.30. The molecule has 1 aliphatic heterocycles. The first-order valence-electron chi connectivity index (χ1n) is 10.3. The van der Waals surface area contributed by atoms with Gasteiger partial charge >= 0.3 is 0 Å². The van der Waals surface area contributed by atoms with Crippen molar-refractivity contribution in [1.29, 1.82) is 0 Å². The van der Waals surface area contributed by atoms with E-state index in [0.29, 0.717) is 36.1 Å². The Kier molecular flexibility index (Phi) is 6.22. The Hall–Kier alpha value is -2.94. The first-order valence-corrected chi connectivity index (χ1v) is 11.8. The van der Waals surface area contributed by atoms with Crippen LogP contribution in [0, 0.1) is 0 Å². The largest absolute Gasteiger partial charge is 0.497 e. The maximum atomic E-state index is 13.6. The van der Waals surface area contributed by atoms with Crippen LogP contribution < -0.4 is 23.8 Å². The molecule has 8 nitrogen and oxygen atoms in total. The fraction of sp³-hybridized carbons (Fsp3) is 0.409. The highest BCUT2D eigenvalue weighted by Crippen LogP contribution is 2.34. The molecule has 1 fully saturated rings. The third-order valence-corrected chi connectivity index (χ3v) is 7.24. The number of amides is 1. The van der Waals surface area contributed by atoms with Crippen LogP contribution in [0.15, 0.2) is 47.4 Å². The number of nitrogens with zero attached hydrogens (tertiary/aromatic N) is 1. The van der Waals surface area contributed by atoms with Gasteiger partial charge in [0.15, 0.2) is 11.5 Å². The van der Waals surface area contributed by atoms with Crippen molar-refractivity contribution < 1.29 is 27.4 Å². The van der Waals surface area contributed by atoms with E-state index in [-0.39, 0.29) is 23.4 Å². The lowest BCUT2D eigenvalue weighted by atomic mass is 10.2. The highest BCUT2D eigenvalue weighted by Gasteiger charge is 2.30. The maximum absolute atomic E-state index is 13.6. The summed E-state index contributed by atoms with van der Waals surface area (Å²) in [5, 5.41) is 2.96. The molecule has 1 saturated carbocycles. The van der Waals surface area contributed by atoms with Gasteiger partial charge in [-0.15, -0.1) is 0 Å². The maximum Gasteiger partial charge on any atom is 0.264 e.